The fraction of sp³-hybridized carbons (Fsp3) is 0.250. The molecule has 1 amide bonds. The minimum absolute atomic E-state index is 0.0529. The standard InChI is InChI=1S/C16H18BrN3O/c1-2-4-16(21)20-14-6-3-5-12(9-14)10-18-15-8-7-13(17)11-19-15/h3,5-9,11H,2,4,10H2,1H3,(H,18,19)(H,20,21). The minimum Gasteiger partial charge on any atom is -0.366 e. The van der Waals surface area contributed by atoms with Crippen molar-refractivity contribution in [1.82, 2.24) is 4.98 Å². The highest BCUT2D eigenvalue weighted by Crippen LogP contribution is 2.14. The topological polar surface area (TPSA) is 54.0 Å². The van der Waals surface area contributed by atoms with Gasteiger partial charge in [-0.05, 0) is 52.2 Å². The second-order valence-electron chi connectivity index (χ2n) is 4.71. The number of rotatable bonds is 6. The van der Waals surface area contributed by atoms with E-state index in [0.717, 1.165) is 28.0 Å². The van der Waals surface area contributed by atoms with Gasteiger partial charge in [0.15, 0.2) is 0 Å². The number of amides is 1. The molecule has 0 aliphatic rings. The third-order valence-corrected chi connectivity index (χ3v) is 3.36. The summed E-state index contributed by atoms with van der Waals surface area (Å²) in [5.41, 5.74) is 1.92. The summed E-state index contributed by atoms with van der Waals surface area (Å²) >= 11 is 3.36. The second kappa shape index (κ2) is 7.78. The van der Waals surface area contributed by atoms with Crippen LogP contribution in [0.3, 0.4) is 0 Å². The molecule has 1 aromatic carbocycles. The van der Waals surface area contributed by atoms with Gasteiger partial charge in [-0.3, -0.25) is 4.79 Å². The van der Waals surface area contributed by atoms with E-state index in [0.29, 0.717) is 13.0 Å². The van der Waals surface area contributed by atoms with Crippen molar-refractivity contribution in [2.45, 2.75) is 26.3 Å². The van der Waals surface area contributed by atoms with Gasteiger partial charge in [0.1, 0.15) is 5.82 Å². The van der Waals surface area contributed by atoms with Gasteiger partial charge in [0.25, 0.3) is 0 Å². The van der Waals surface area contributed by atoms with E-state index in [1.54, 1.807) is 6.20 Å². The van der Waals surface area contributed by atoms with Crippen molar-refractivity contribution in [3.05, 3.63) is 52.6 Å². The Morgan fingerprint density at radius 1 is 1.29 bits per heavy atom. The normalized spacial score (nSPS) is 10.2. The number of nitrogens with one attached hydrogen (secondary N) is 2. The molecule has 0 bridgehead atoms. The third-order valence-electron chi connectivity index (χ3n) is 2.89. The first kappa shape index (κ1) is 15.5. The van der Waals surface area contributed by atoms with Gasteiger partial charge in [0.05, 0.1) is 0 Å². The summed E-state index contributed by atoms with van der Waals surface area (Å²) in [5.74, 6) is 0.871. The van der Waals surface area contributed by atoms with Gasteiger partial charge in [-0.25, -0.2) is 4.98 Å². The highest BCUT2D eigenvalue weighted by molar-refractivity contribution is 9.10. The summed E-state index contributed by atoms with van der Waals surface area (Å²) < 4.78 is 0.952. The number of anilines is 2. The van der Waals surface area contributed by atoms with Gasteiger partial charge < -0.3 is 10.6 Å². The number of hydrogen-bond donors (Lipinski definition) is 2. The van der Waals surface area contributed by atoms with Gasteiger partial charge in [-0.2, -0.15) is 0 Å². The van der Waals surface area contributed by atoms with E-state index < -0.39 is 0 Å². The average molecular weight is 348 g/mol. The first-order chi connectivity index (χ1) is 10.2. The van der Waals surface area contributed by atoms with E-state index in [4.69, 9.17) is 0 Å². The molecule has 1 heterocycles. The molecular formula is C16H18BrN3O. The number of pyridine rings is 1. The summed E-state index contributed by atoms with van der Waals surface area (Å²) in [6, 6.07) is 11.7. The van der Waals surface area contributed by atoms with Crippen molar-refractivity contribution in [1.29, 1.82) is 0 Å². The molecule has 0 aliphatic carbocycles. The molecule has 1 aromatic heterocycles. The highest BCUT2D eigenvalue weighted by atomic mass is 79.9. The quantitative estimate of drug-likeness (QED) is 0.823. The molecule has 0 saturated heterocycles. The lowest BCUT2D eigenvalue weighted by Crippen LogP contribution is -2.11. The molecule has 0 aliphatic heterocycles. The van der Waals surface area contributed by atoms with Crippen LogP contribution < -0.4 is 10.6 Å². The third kappa shape index (κ3) is 5.19. The van der Waals surface area contributed by atoms with Crippen molar-refractivity contribution < 1.29 is 4.79 Å². The molecule has 5 heteroatoms. The monoisotopic (exact) mass is 347 g/mol. The Kier molecular flexibility index (Phi) is 5.75. The molecular weight excluding hydrogens is 330 g/mol. The van der Waals surface area contributed by atoms with Crippen LogP contribution in [0.5, 0.6) is 0 Å². The van der Waals surface area contributed by atoms with Gasteiger partial charge in [-0.1, -0.05) is 19.1 Å². The van der Waals surface area contributed by atoms with Crippen molar-refractivity contribution in [2.24, 2.45) is 0 Å². The van der Waals surface area contributed by atoms with Crippen LogP contribution in [0, 0.1) is 0 Å². The lowest BCUT2D eigenvalue weighted by atomic mass is 10.2. The van der Waals surface area contributed by atoms with Gasteiger partial charge in [0.2, 0.25) is 5.91 Å². The number of aromatic nitrogens is 1. The first-order valence-electron chi connectivity index (χ1n) is 6.91. The van der Waals surface area contributed by atoms with E-state index >= 15 is 0 Å². The molecule has 0 fully saturated rings. The van der Waals surface area contributed by atoms with Crippen molar-refractivity contribution in [2.75, 3.05) is 10.6 Å². The number of halogens is 1. The highest BCUT2D eigenvalue weighted by Gasteiger charge is 2.02. The molecule has 0 saturated carbocycles. The number of carbonyl (C=O) groups is 1. The van der Waals surface area contributed by atoms with Crippen LogP contribution in [0.1, 0.15) is 25.3 Å². The zero-order chi connectivity index (χ0) is 15.1. The van der Waals surface area contributed by atoms with Crippen LogP contribution in [-0.2, 0) is 11.3 Å². The Labute approximate surface area is 133 Å². The van der Waals surface area contributed by atoms with Crippen LogP contribution in [0.15, 0.2) is 47.1 Å². The van der Waals surface area contributed by atoms with E-state index in [2.05, 4.69) is 31.5 Å². The maximum atomic E-state index is 11.6. The Bertz CT molecular complexity index is 599. The van der Waals surface area contributed by atoms with Crippen molar-refractivity contribution in [3.63, 3.8) is 0 Å². The molecule has 0 atom stereocenters. The van der Waals surface area contributed by atoms with E-state index in [1.807, 2.05) is 43.3 Å². The summed E-state index contributed by atoms with van der Waals surface area (Å²) in [5, 5.41) is 6.15. The predicted molar refractivity (Wildman–Crippen MR) is 89.2 cm³/mol. The Balaban J connectivity index is 1.94. The average Bonchev–Trinajstić information content (AvgIpc) is 2.47. The molecule has 4 nitrogen and oxygen atoms in total. The number of carbonyl (C=O) groups excluding carboxylic acids is 1. The maximum absolute atomic E-state index is 11.6. The van der Waals surface area contributed by atoms with E-state index in [9.17, 15) is 4.79 Å². The van der Waals surface area contributed by atoms with Crippen LogP contribution in [-0.4, -0.2) is 10.9 Å². The zero-order valence-corrected chi connectivity index (χ0v) is 13.5. The van der Waals surface area contributed by atoms with E-state index in [1.165, 1.54) is 0 Å². The summed E-state index contributed by atoms with van der Waals surface area (Å²) in [7, 11) is 0. The number of nitrogens with zero attached hydrogens (tertiary/aromatic N) is 1. The maximum Gasteiger partial charge on any atom is 0.224 e. The number of benzene rings is 1. The lowest BCUT2D eigenvalue weighted by Gasteiger charge is -2.09. The number of hydrogen-bond acceptors (Lipinski definition) is 3. The molecule has 0 spiro atoms. The lowest BCUT2D eigenvalue weighted by molar-refractivity contribution is -0.116. The SMILES string of the molecule is CCCC(=O)Nc1cccc(CNc2ccc(Br)cn2)c1. The second-order valence-corrected chi connectivity index (χ2v) is 5.63. The molecule has 21 heavy (non-hydrogen) atoms. The molecule has 2 N–H and O–H groups in total. The Morgan fingerprint density at radius 2 is 2.14 bits per heavy atom. The molecule has 2 aromatic rings. The molecule has 0 unspecified atom stereocenters. The summed E-state index contributed by atoms with van der Waals surface area (Å²) in [6.07, 6.45) is 3.15. The van der Waals surface area contributed by atoms with Gasteiger partial charge in [-0.15, -0.1) is 0 Å². The largest absolute Gasteiger partial charge is 0.366 e. The van der Waals surface area contributed by atoms with Crippen molar-refractivity contribution >= 4 is 33.3 Å². The predicted octanol–water partition coefficient (Wildman–Crippen LogP) is 4.19. The zero-order valence-electron chi connectivity index (χ0n) is 11.9. The van der Waals surface area contributed by atoms with Crippen LogP contribution in [0.2, 0.25) is 0 Å². The smallest absolute Gasteiger partial charge is 0.224 e. The van der Waals surface area contributed by atoms with Crippen LogP contribution in [0.4, 0.5) is 11.5 Å². The van der Waals surface area contributed by atoms with Crippen LogP contribution in [0.25, 0.3) is 0 Å². The van der Waals surface area contributed by atoms with Crippen molar-refractivity contribution in [3.8, 4) is 0 Å². The summed E-state index contributed by atoms with van der Waals surface area (Å²) in [4.78, 5) is 15.9. The van der Waals surface area contributed by atoms with Gasteiger partial charge >= 0.3 is 0 Å². The molecule has 110 valence electrons. The van der Waals surface area contributed by atoms with Gasteiger partial charge in [0, 0.05) is 29.3 Å². The fourth-order valence-corrected chi connectivity index (χ4v) is 2.12. The van der Waals surface area contributed by atoms with E-state index in [-0.39, 0.29) is 5.91 Å². The van der Waals surface area contributed by atoms with Crippen LogP contribution >= 0.6 is 15.9 Å². The first-order valence-corrected chi connectivity index (χ1v) is 7.71. The molecule has 2 rings (SSSR count). The Morgan fingerprint density at radius 3 is 2.86 bits per heavy atom. The minimum atomic E-state index is 0.0529. The summed E-state index contributed by atoms with van der Waals surface area (Å²) in [6.45, 7) is 2.65. The fourth-order valence-electron chi connectivity index (χ4n) is 1.88. The molecule has 0 radical (unpaired) electrons. The Hall–Kier alpha value is -1.88.